The van der Waals surface area contributed by atoms with Crippen molar-refractivity contribution >= 4 is 47.8 Å². The first-order valence-corrected chi connectivity index (χ1v) is 26.9. The monoisotopic (exact) mass is 1020 g/mol. The molecule has 380 valence electrons. The average Bonchev–Trinajstić information content (AvgIpc) is 3.28. The maximum atomic E-state index is 11.1. The van der Waals surface area contributed by atoms with Gasteiger partial charge in [0, 0.05) is 12.2 Å². The summed E-state index contributed by atoms with van der Waals surface area (Å²) < 4.78 is 9.77. The molecule has 0 saturated heterocycles. The van der Waals surface area contributed by atoms with E-state index in [2.05, 4.69) is 41.5 Å². The number of carbonyl (C=O) groups excluding carboxylic acids is 4. The van der Waals surface area contributed by atoms with Crippen LogP contribution in [0.15, 0.2) is 24.3 Å². The quantitative estimate of drug-likeness (QED) is 0.0255. The minimum atomic E-state index is -1.39. The molecule has 9 heteroatoms. The van der Waals surface area contributed by atoms with Crippen LogP contribution >= 0.6 is 0 Å². The van der Waals surface area contributed by atoms with Crippen LogP contribution in [0.5, 0.6) is 0 Å². The number of esters is 2. The van der Waals surface area contributed by atoms with Crippen molar-refractivity contribution in [1.82, 2.24) is 0 Å². The Morgan fingerprint density at radius 1 is 0.323 bits per heavy atom. The first-order chi connectivity index (χ1) is 31.2. The van der Waals surface area contributed by atoms with Gasteiger partial charge < -0.3 is 29.3 Å². The second-order valence-corrected chi connectivity index (χ2v) is 17.4. The van der Waals surface area contributed by atoms with Crippen molar-refractivity contribution in [3.05, 3.63) is 38.2 Å². The minimum Gasteiger partial charge on any atom is -0.545 e. The van der Waals surface area contributed by atoms with Crippen molar-refractivity contribution in [2.24, 2.45) is 0 Å². The van der Waals surface area contributed by atoms with Crippen molar-refractivity contribution in [3.8, 4) is 0 Å². The topological polar surface area (TPSA) is 133 Å². The van der Waals surface area contributed by atoms with Crippen LogP contribution in [0.3, 0.4) is 0 Å². The van der Waals surface area contributed by atoms with Gasteiger partial charge in [-0.25, -0.2) is 9.59 Å². The Balaban J connectivity index is -0.000000274. The summed E-state index contributed by atoms with van der Waals surface area (Å²) in [6, 6.07) is 0. The molecule has 0 atom stereocenters. The molecule has 0 N–H and O–H groups in total. The third-order valence-corrected chi connectivity index (χ3v) is 10.9. The summed E-state index contributed by atoms with van der Waals surface area (Å²) in [5, 5.41) is 20.2. The number of carboxylic acids is 2. The summed E-state index contributed by atoms with van der Waals surface area (Å²) in [7, 11) is 0. The predicted molar refractivity (Wildman–Crippen MR) is 274 cm³/mol. The number of carbonyl (C=O) groups is 4. The van der Waals surface area contributed by atoms with Crippen molar-refractivity contribution < 1.29 is 38.9 Å². The van der Waals surface area contributed by atoms with Crippen molar-refractivity contribution in [3.63, 3.8) is 0 Å². The van der Waals surface area contributed by atoms with Gasteiger partial charge in [0.2, 0.25) is 0 Å². The van der Waals surface area contributed by atoms with E-state index in [9.17, 15) is 29.4 Å². The number of aliphatic carboxylic acids is 2. The zero-order valence-corrected chi connectivity index (χ0v) is 46.0. The van der Waals surface area contributed by atoms with E-state index in [0.29, 0.717) is 25.4 Å². The molecule has 0 saturated carbocycles. The SMILES string of the molecule is CCCCCCCCCCCCCCCCOC(=O)/C=C\C(=O)[O-].CCCCCCCCCCCCCCCCOC(=O)/C=C\C(=O)[O-].[CH2]CCCCCCC.[CH2]CCCCCCC.[Sn+2]. The standard InChI is InChI=1S/2C20H36O4.2C8H17.Sn/c2*1-2-3-4-5-6-7-8-9-10-11-12-13-14-15-18-24-20(23)17-16-19(21)22;2*1-3-5-7-8-6-4-2;/h2*16-17H,2-15,18H2,1H3,(H,21,22);2*1,3-8H2,2H3;/q;;;;+2/p-2/b2*17-16-;;;. The zero-order chi connectivity index (χ0) is 48.3. The minimum absolute atomic E-state index is 0. The molecule has 0 amide bonds. The summed E-state index contributed by atoms with van der Waals surface area (Å²) in [6.07, 6.45) is 55.0. The number of rotatable bonds is 44. The van der Waals surface area contributed by atoms with E-state index in [0.717, 1.165) is 50.7 Å². The van der Waals surface area contributed by atoms with Gasteiger partial charge in [-0.2, -0.15) is 0 Å². The van der Waals surface area contributed by atoms with Gasteiger partial charge in [-0.15, -0.1) is 0 Å². The van der Waals surface area contributed by atoms with Crippen molar-refractivity contribution in [2.75, 3.05) is 13.2 Å². The molecular formula is C56H104O8Sn. The molecule has 65 heavy (non-hydrogen) atoms. The van der Waals surface area contributed by atoms with Crippen molar-refractivity contribution in [1.29, 1.82) is 0 Å². The van der Waals surface area contributed by atoms with Gasteiger partial charge in [-0.1, -0.05) is 286 Å². The second kappa shape index (κ2) is 68.7. The van der Waals surface area contributed by atoms with Crippen LogP contribution in [0.25, 0.3) is 0 Å². The molecule has 0 bridgehead atoms. The summed E-state index contributed by atoms with van der Waals surface area (Å²) in [6.45, 7) is 17.3. The fourth-order valence-corrected chi connectivity index (χ4v) is 6.87. The van der Waals surface area contributed by atoms with Crippen LogP contribution in [-0.4, -0.2) is 61.0 Å². The molecule has 0 aromatic rings. The van der Waals surface area contributed by atoms with Gasteiger partial charge in [0.25, 0.3) is 0 Å². The van der Waals surface area contributed by atoms with Crippen LogP contribution in [0.2, 0.25) is 0 Å². The van der Waals surface area contributed by atoms with Crippen LogP contribution < -0.4 is 10.2 Å². The van der Waals surface area contributed by atoms with Crippen LogP contribution in [0.4, 0.5) is 0 Å². The van der Waals surface area contributed by atoms with E-state index in [4.69, 9.17) is 9.47 Å². The molecule has 0 spiro atoms. The normalized spacial score (nSPS) is 10.6. The first kappa shape index (κ1) is 72.1. The Bertz CT molecular complexity index is 909. The molecule has 0 heterocycles. The number of ether oxygens (including phenoxy) is 2. The maximum Gasteiger partial charge on any atom is 2.00 e. The fraction of sp³-hybridized carbons (Fsp3) is 0.821. The number of hydrogen-bond acceptors (Lipinski definition) is 8. The number of unbranched alkanes of at least 4 members (excludes halogenated alkanes) is 36. The van der Waals surface area contributed by atoms with Crippen LogP contribution in [0, 0.1) is 13.8 Å². The summed E-state index contributed by atoms with van der Waals surface area (Å²) >= 11 is 0. The molecule has 0 aliphatic carbocycles. The molecular weight excluding hydrogens is 919 g/mol. The second-order valence-electron chi connectivity index (χ2n) is 17.4. The predicted octanol–water partition coefficient (Wildman–Crippen LogP) is 14.6. The van der Waals surface area contributed by atoms with E-state index in [-0.39, 0.29) is 23.9 Å². The van der Waals surface area contributed by atoms with Crippen molar-refractivity contribution in [2.45, 2.75) is 285 Å². The van der Waals surface area contributed by atoms with E-state index in [1.165, 1.54) is 218 Å². The Morgan fingerprint density at radius 2 is 0.508 bits per heavy atom. The zero-order valence-electron chi connectivity index (χ0n) is 43.2. The summed E-state index contributed by atoms with van der Waals surface area (Å²) in [4.78, 5) is 42.4. The molecule has 0 aliphatic heterocycles. The van der Waals surface area contributed by atoms with Gasteiger partial charge in [0.1, 0.15) is 0 Å². The summed E-state index contributed by atoms with van der Waals surface area (Å²) in [5.74, 6) is -4.00. The van der Waals surface area contributed by atoms with E-state index >= 15 is 0 Å². The molecule has 0 rings (SSSR count). The molecule has 0 aromatic heterocycles. The van der Waals surface area contributed by atoms with Gasteiger partial charge in [-0.05, 0) is 25.0 Å². The van der Waals surface area contributed by atoms with Gasteiger partial charge >= 0.3 is 35.8 Å². The molecule has 0 aliphatic rings. The first-order valence-electron chi connectivity index (χ1n) is 26.9. The maximum absolute atomic E-state index is 11.1. The fourth-order valence-electron chi connectivity index (χ4n) is 6.87. The third-order valence-electron chi connectivity index (χ3n) is 10.9. The van der Waals surface area contributed by atoms with E-state index < -0.39 is 23.9 Å². The van der Waals surface area contributed by atoms with E-state index in [1.54, 1.807) is 0 Å². The van der Waals surface area contributed by atoms with Gasteiger partial charge in [0.05, 0.1) is 25.2 Å². The average molecular weight is 1020 g/mol. The molecule has 0 fully saturated rings. The van der Waals surface area contributed by atoms with Gasteiger partial charge in [0.15, 0.2) is 0 Å². The Kier molecular flexibility index (Phi) is 76.3. The molecule has 0 unspecified atom stereocenters. The van der Waals surface area contributed by atoms with Crippen LogP contribution in [-0.2, 0) is 28.7 Å². The molecule has 4 radical (unpaired) electrons. The largest absolute Gasteiger partial charge is 2.00 e. The number of carboxylic acid groups (broad SMARTS) is 2. The van der Waals surface area contributed by atoms with Crippen LogP contribution in [0.1, 0.15) is 285 Å². The number of hydrogen-bond donors (Lipinski definition) is 0. The van der Waals surface area contributed by atoms with Gasteiger partial charge in [-0.3, -0.25) is 0 Å². The molecule has 0 aromatic carbocycles. The molecule has 8 nitrogen and oxygen atoms in total. The Labute approximate surface area is 420 Å². The van der Waals surface area contributed by atoms with E-state index in [1.807, 2.05) is 0 Å². The Morgan fingerprint density at radius 3 is 0.692 bits per heavy atom. The Hall–Kier alpha value is -1.84. The summed E-state index contributed by atoms with van der Waals surface area (Å²) in [5.41, 5.74) is 0. The smallest absolute Gasteiger partial charge is 0.545 e. The third kappa shape index (κ3) is 82.7.